The van der Waals surface area contributed by atoms with E-state index in [1.165, 1.54) is 29.8 Å². The van der Waals surface area contributed by atoms with Crippen LogP contribution in [0, 0.1) is 12.7 Å². The van der Waals surface area contributed by atoms with E-state index in [1.54, 1.807) is 13.0 Å². The zero-order chi connectivity index (χ0) is 18.0. The van der Waals surface area contributed by atoms with Crippen molar-refractivity contribution in [1.82, 2.24) is 15.3 Å². The van der Waals surface area contributed by atoms with Crippen LogP contribution in [-0.2, 0) is 0 Å². The first-order valence-corrected chi connectivity index (χ1v) is 8.56. The van der Waals surface area contributed by atoms with Gasteiger partial charge in [-0.25, -0.2) is 14.4 Å². The average Bonchev–Trinajstić information content (AvgIpc) is 2.94. The van der Waals surface area contributed by atoms with Gasteiger partial charge < -0.3 is 15.7 Å². The molecule has 0 aliphatic carbocycles. The number of hydrogen-bond acceptors (Lipinski definition) is 6. The number of hydrogen-bond donors (Lipinski definition) is 3. The molecule has 0 saturated carbocycles. The lowest BCUT2D eigenvalue weighted by Crippen LogP contribution is -2.26. The number of aliphatic hydroxyl groups is 1. The Bertz CT molecular complexity index is 947. The SMILES string of the molecule is Cc1c(C(=O)NCCO)sc2ncnc(Nc3ccc(F)c(Cl)c3)c12. The van der Waals surface area contributed by atoms with Crippen molar-refractivity contribution >= 4 is 50.6 Å². The Kier molecular flexibility index (Phi) is 5.12. The molecule has 130 valence electrons. The normalized spacial score (nSPS) is 10.9. The standard InChI is InChI=1S/C16H14ClFN4O2S/c1-8-12-14(22-9-2-3-11(18)10(17)6-9)20-7-21-16(12)25-13(8)15(24)19-4-5-23/h2-3,6-7,23H,4-5H2,1H3,(H,19,24)(H,20,21,22). The molecule has 3 aromatic rings. The molecule has 0 spiro atoms. The number of benzene rings is 1. The van der Waals surface area contributed by atoms with Crippen molar-refractivity contribution in [3.63, 3.8) is 0 Å². The van der Waals surface area contributed by atoms with Crippen molar-refractivity contribution in [2.24, 2.45) is 0 Å². The first kappa shape index (κ1) is 17.5. The predicted molar refractivity (Wildman–Crippen MR) is 96.3 cm³/mol. The fraction of sp³-hybridized carbons (Fsp3) is 0.188. The molecule has 1 aromatic carbocycles. The maximum Gasteiger partial charge on any atom is 0.261 e. The average molecular weight is 381 g/mol. The number of halogens is 2. The summed E-state index contributed by atoms with van der Waals surface area (Å²) in [5.41, 5.74) is 1.30. The second-order valence-corrected chi connectivity index (χ2v) is 6.60. The Morgan fingerprint density at radius 2 is 2.20 bits per heavy atom. The van der Waals surface area contributed by atoms with Crippen molar-refractivity contribution in [2.75, 3.05) is 18.5 Å². The Hall–Kier alpha value is -2.29. The van der Waals surface area contributed by atoms with E-state index in [0.29, 0.717) is 26.6 Å². The smallest absolute Gasteiger partial charge is 0.261 e. The Morgan fingerprint density at radius 1 is 1.40 bits per heavy atom. The van der Waals surface area contributed by atoms with E-state index in [0.717, 1.165) is 5.56 Å². The number of aromatic nitrogens is 2. The Morgan fingerprint density at radius 3 is 2.92 bits per heavy atom. The molecule has 6 nitrogen and oxygen atoms in total. The van der Waals surface area contributed by atoms with Crippen molar-refractivity contribution in [1.29, 1.82) is 0 Å². The Labute approximate surface area is 151 Å². The van der Waals surface area contributed by atoms with Crippen molar-refractivity contribution in [3.8, 4) is 0 Å². The summed E-state index contributed by atoms with van der Waals surface area (Å²) in [5, 5.41) is 15.3. The molecule has 0 aliphatic rings. The van der Waals surface area contributed by atoms with Crippen LogP contribution in [0.25, 0.3) is 10.2 Å². The number of aliphatic hydroxyl groups excluding tert-OH is 1. The third-order valence-electron chi connectivity index (χ3n) is 3.51. The number of carbonyl (C=O) groups excluding carboxylic acids is 1. The van der Waals surface area contributed by atoms with Crippen molar-refractivity contribution in [2.45, 2.75) is 6.92 Å². The van der Waals surface area contributed by atoms with Crippen LogP contribution in [0.15, 0.2) is 24.5 Å². The van der Waals surface area contributed by atoms with Crippen LogP contribution in [-0.4, -0.2) is 34.1 Å². The van der Waals surface area contributed by atoms with Gasteiger partial charge in [-0.15, -0.1) is 11.3 Å². The molecule has 25 heavy (non-hydrogen) atoms. The van der Waals surface area contributed by atoms with E-state index in [1.807, 2.05) is 0 Å². The van der Waals surface area contributed by atoms with Gasteiger partial charge in [0.05, 0.1) is 21.9 Å². The lowest BCUT2D eigenvalue weighted by Gasteiger charge is -2.08. The second-order valence-electron chi connectivity index (χ2n) is 5.19. The summed E-state index contributed by atoms with van der Waals surface area (Å²) in [4.78, 5) is 21.8. The van der Waals surface area contributed by atoms with Gasteiger partial charge in [0, 0.05) is 12.2 Å². The van der Waals surface area contributed by atoms with Crippen LogP contribution in [0.3, 0.4) is 0 Å². The number of rotatable bonds is 5. The van der Waals surface area contributed by atoms with Gasteiger partial charge in [0.1, 0.15) is 22.8 Å². The second kappa shape index (κ2) is 7.30. The highest BCUT2D eigenvalue weighted by atomic mass is 35.5. The monoisotopic (exact) mass is 380 g/mol. The van der Waals surface area contributed by atoms with Crippen LogP contribution in [0.5, 0.6) is 0 Å². The number of amides is 1. The third kappa shape index (κ3) is 3.55. The van der Waals surface area contributed by atoms with Gasteiger partial charge in [-0.05, 0) is 30.7 Å². The summed E-state index contributed by atoms with van der Waals surface area (Å²) in [5.74, 6) is -0.275. The fourth-order valence-electron chi connectivity index (χ4n) is 2.34. The van der Waals surface area contributed by atoms with Gasteiger partial charge in [-0.1, -0.05) is 11.6 Å². The fourth-order valence-corrected chi connectivity index (χ4v) is 3.59. The van der Waals surface area contributed by atoms with Crippen molar-refractivity contribution in [3.05, 3.63) is 45.8 Å². The van der Waals surface area contributed by atoms with Crippen LogP contribution in [0.2, 0.25) is 5.02 Å². The number of nitrogens with zero attached hydrogens (tertiary/aromatic N) is 2. The molecule has 3 N–H and O–H groups in total. The van der Waals surface area contributed by atoms with E-state index in [4.69, 9.17) is 16.7 Å². The Balaban J connectivity index is 2.00. The molecule has 1 amide bonds. The topological polar surface area (TPSA) is 87.1 Å². The summed E-state index contributed by atoms with van der Waals surface area (Å²) < 4.78 is 13.3. The summed E-state index contributed by atoms with van der Waals surface area (Å²) in [6, 6.07) is 4.27. The van der Waals surface area contributed by atoms with Gasteiger partial charge in [0.2, 0.25) is 0 Å². The summed E-state index contributed by atoms with van der Waals surface area (Å²) in [7, 11) is 0. The van der Waals surface area contributed by atoms with Gasteiger partial charge in [-0.2, -0.15) is 0 Å². The number of anilines is 2. The minimum Gasteiger partial charge on any atom is -0.395 e. The van der Waals surface area contributed by atoms with Gasteiger partial charge >= 0.3 is 0 Å². The first-order valence-electron chi connectivity index (χ1n) is 7.36. The van der Waals surface area contributed by atoms with Gasteiger partial charge in [0.25, 0.3) is 5.91 Å². The van der Waals surface area contributed by atoms with Crippen molar-refractivity contribution < 1.29 is 14.3 Å². The van der Waals surface area contributed by atoms with Crippen LogP contribution >= 0.6 is 22.9 Å². The molecule has 9 heteroatoms. The lowest BCUT2D eigenvalue weighted by atomic mass is 10.2. The lowest BCUT2D eigenvalue weighted by molar-refractivity contribution is 0.0948. The van der Waals surface area contributed by atoms with Crippen LogP contribution < -0.4 is 10.6 Å². The molecular weight excluding hydrogens is 367 g/mol. The minimum atomic E-state index is -0.505. The number of aryl methyl sites for hydroxylation is 1. The molecule has 0 radical (unpaired) electrons. The zero-order valence-electron chi connectivity index (χ0n) is 13.1. The predicted octanol–water partition coefficient (Wildman–Crippen LogP) is 3.26. The summed E-state index contributed by atoms with van der Waals surface area (Å²) in [6.45, 7) is 1.85. The van der Waals surface area contributed by atoms with Crippen LogP contribution in [0.4, 0.5) is 15.9 Å². The van der Waals surface area contributed by atoms with E-state index < -0.39 is 5.82 Å². The molecule has 0 saturated heterocycles. The van der Waals surface area contributed by atoms with E-state index in [-0.39, 0.29) is 24.1 Å². The van der Waals surface area contributed by atoms with Gasteiger partial charge in [0.15, 0.2) is 0 Å². The van der Waals surface area contributed by atoms with E-state index >= 15 is 0 Å². The van der Waals surface area contributed by atoms with E-state index in [2.05, 4.69) is 20.6 Å². The van der Waals surface area contributed by atoms with E-state index in [9.17, 15) is 9.18 Å². The number of carbonyl (C=O) groups is 1. The zero-order valence-corrected chi connectivity index (χ0v) is 14.7. The highest BCUT2D eigenvalue weighted by Crippen LogP contribution is 2.34. The molecule has 0 atom stereocenters. The molecule has 2 aromatic heterocycles. The maximum atomic E-state index is 13.3. The van der Waals surface area contributed by atoms with Crippen LogP contribution in [0.1, 0.15) is 15.2 Å². The number of fused-ring (bicyclic) bond motifs is 1. The molecule has 2 heterocycles. The first-order chi connectivity index (χ1) is 12.0. The van der Waals surface area contributed by atoms with Gasteiger partial charge in [-0.3, -0.25) is 4.79 Å². The molecule has 0 fully saturated rings. The maximum absolute atomic E-state index is 13.3. The molecule has 0 aliphatic heterocycles. The molecule has 0 bridgehead atoms. The number of nitrogens with one attached hydrogen (secondary N) is 2. The summed E-state index contributed by atoms with van der Waals surface area (Å²) >= 11 is 7.05. The highest BCUT2D eigenvalue weighted by Gasteiger charge is 2.19. The minimum absolute atomic E-state index is 0.00131. The molecule has 0 unspecified atom stereocenters. The largest absolute Gasteiger partial charge is 0.395 e. The third-order valence-corrected chi connectivity index (χ3v) is 5.00. The highest BCUT2D eigenvalue weighted by molar-refractivity contribution is 7.20. The molecule has 3 rings (SSSR count). The number of thiophene rings is 1. The quantitative estimate of drug-likeness (QED) is 0.632. The summed E-state index contributed by atoms with van der Waals surface area (Å²) in [6.07, 6.45) is 1.39. The molecular formula is C16H14ClFN4O2S.